The first kappa shape index (κ1) is 21.0. The second-order valence-corrected chi connectivity index (χ2v) is 7.65. The number of rotatable bonds is 7. The van der Waals surface area contributed by atoms with Gasteiger partial charge in [0.1, 0.15) is 25.7 Å². The van der Waals surface area contributed by atoms with E-state index in [-0.39, 0.29) is 24.4 Å². The number of amides is 2. The van der Waals surface area contributed by atoms with Gasteiger partial charge in [-0.2, -0.15) is 0 Å². The molecule has 29 heavy (non-hydrogen) atoms. The molecule has 0 saturated carbocycles. The fraction of sp³-hybridized carbons (Fsp3) is 0.391. The lowest BCUT2D eigenvalue weighted by Gasteiger charge is -2.28. The van der Waals surface area contributed by atoms with Crippen LogP contribution in [0.3, 0.4) is 0 Å². The van der Waals surface area contributed by atoms with Gasteiger partial charge in [-0.05, 0) is 31.5 Å². The van der Waals surface area contributed by atoms with Gasteiger partial charge < -0.3 is 20.3 Å². The predicted molar refractivity (Wildman–Crippen MR) is 112 cm³/mol. The summed E-state index contributed by atoms with van der Waals surface area (Å²) in [6.45, 7) is 8.09. The van der Waals surface area contributed by atoms with Gasteiger partial charge in [0.25, 0.3) is 5.91 Å². The Morgan fingerprint density at radius 3 is 2.45 bits per heavy atom. The van der Waals surface area contributed by atoms with Crippen molar-refractivity contribution in [1.29, 1.82) is 0 Å². The zero-order valence-corrected chi connectivity index (χ0v) is 17.2. The zero-order chi connectivity index (χ0) is 20.6. The van der Waals surface area contributed by atoms with Crippen LogP contribution in [0.4, 0.5) is 0 Å². The fourth-order valence-electron chi connectivity index (χ4n) is 3.50. The Kier molecular flexibility index (Phi) is 7.38. The first-order valence-electron chi connectivity index (χ1n) is 10.1. The third-order valence-corrected chi connectivity index (χ3v) is 5.20. The fourth-order valence-corrected chi connectivity index (χ4v) is 3.50. The maximum absolute atomic E-state index is 12.6. The third kappa shape index (κ3) is 6.41. The highest BCUT2D eigenvalue weighted by Crippen LogP contribution is 2.12. The van der Waals surface area contributed by atoms with Crippen molar-refractivity contribution >= 4 is 11.8 Å². The van der Waals surface area contributed by atoms with Crippen LogP contribution in [-0.4, -0.2) is 51.2 Å². The molecule has 0 bridgehead atoms. The molecule has 0 spiro atoms. The summed E-state index contributed by atoms with van der Waals surface area (Å²) in [7, 11) is 0. The average molecular weight is 397 g/mol. The van der Waals surface area contributed by atoms with E-state index in [0.717, 1.165) is 44.0 Å². The Balaban J connectivity index is 1.60. The van der Waals surface area contributed by atoms with Gasteiger partial charge in [0.15, 0.2) is 0 Å². The molecule has 0 aromatic heterocycles. The zero-order valence-electron chi connectivity index (χ0n) is 17.2. The maximum atomic E-state index is 12.6. The first-order valence-corrected chi connectivity index (χ1v) is 10.1. The van der Waals surface area contributed by atoms with Crippen molar-refractivity contribution in [3.05, 3.63) is 70.8 Å². The summed E-state index contributed by atoms with van der Waals surface area (Å²) in [5.41, 5.74) is 3.83. The molecule has 6 heteroatoms. The van der Waals surface area contributed by atoms with E-state index in [1.165, 1.54) is 10.5 Å². The van der Waals surface area contributed by atoms with E-state index in [1.807, 2.05) is 32.0 Å². The van der Waals surface area contributed by atoms with Crippen LogP contribution in [-0.2, 0) is 9.53 Å². The van der Waals surface area contributed by atoms with Crippen molar-refractivity contribution < 1.29 is 19.2 Å². The number of ether oxygens (including phenoxy) is 1. The Bertz CT molecular complexity index is 830. The number of quaternary nitrogens is 1. The quantitative estimate of drug-likeness (QED) is 0.649. The highest BCUT2D eigenvalue weighted by atomic mass is 16.5. The van der Waals surface area contributed by atoms with Crippen LogP contribution < -0.4 is 15.5 Å². The molecule has 1 atom stereocenters. The molecule has 2 aromatic rings. The van der Waals surface area contributed by atoms with Gasteiger partial charge >= 0.3 is 0 Å². The molecule has 0 aliphatic carbocycles. The molecule has 1 fully saturated rings. The van der Waals surface area contributed by atoms with Gasteiger partial charge in [-0.3, -0.25) is 9.59 Å². The minimum atomic E-state index is -0.241. The third-order valence-electron chi connectivity index (χ3n) is 5.20. The molecule has 3 N–H and O–H groups in total. The van der Waals surface area contributed by atoms with Gasteiger partial charge in [-0.15, -0.1) is 0 Å². The van der Waals surface area contributed by atoms with Crippen molar-refractivity contribution in [1.82, 2.24) is 10.6 Å². The molecular formula is C23H30N3O3+. The molecule has 6 nitrogen and oxygen atoms in total. The van der Waals surface area contributed by atoms with Gasteiger partial charge in [0, 0.05) is 5.56 Å². The van der Waals surface area contributed by atoms with Gasteiger partial charge in [0.2, 0.25) is 5.91 Å². The highest BCUT2D eigenvalue weighted by molar-refractivity contribution is 5.96. The minimum Gasteiger partial charge on any atom is -0.370 e. The van der Waals surface area contributed by atoms with Crippen molar-refractivity contribution in [2.75, 3.05) is 39.4 Å². The lowest BCUT2D eigenvalue weighted by molar-refractivity contribution is -0.909. The molecule has 1 heterocycles. The van der Waals surface area contributed by atoms with Gasteiger partial charge in [-0.1, -0.05) is 47.5 Å². The largest absolute Gasteiger partial charge is 0.370 e. The van der Waals surface area contributed by atoms with E-state index >= 15 is 0 Å². The molecule has 3 rings (SSSR count). The summed E-state index contributed by atoms with van der Waals surface area (Å²) < 4.78 is 5.44. The number of hydrogen-bond donors (Lipinski definition) is 3. The number of nitrogens with one attached hydrogen (secondary N) is 3. The lowest BCUT2D eigenvalue weighted by atomic mass is 10.0. The molecular weight excluding hydrogens is 366 g/mol. The molecule has 154 valence electrons. The lowest BCUT2D eigenvalue weighted by Crippen LogP contribution is -3.14. The van der Waals surface area contributed by atoms with Crippen molar-refractivity contribution in [3.63, 3.8) is 0 Å². The summed E-state index contributed by atoms with van der Waals surface area (Å²) in [5.74, 6) is -0.432. The van der Waals surface area contributed by atoms with E-state index in [9.17, 15) is 9.59 Å². The average Bonchev–Trinajstić information content (AvgIpc) is 2.73. The monoisotopic (exact) mass is 396 g/mol. The topological polar surface area (TPSA) is 71.9 Å². The summed E-state index contributed by atoms with van der Waals surface area (Å²) in [5, 5.41) is 5.82. The van der Waals surface area contributed by atoms with E-state index in [4.69, 9.17) is 4.74 Å². The molecule has 1 aliphatic rings. The number of carbonyl (C=O) groups is 2. The highest BCUT2D eigenvalue weighted by Gasteiger charge is 2.23. The minimum absolute atomic E-state index is 0.0480. The van der Waals surface area contributed by atoms with Crippen LogP contribution >= 0.6 is 0 Å². The first-order chi connectivity index (χ1) is 14.0. The summed E-state index contributed by atoms with van der Waals surface area (Å²) >= 11 is 0. The summed E-state index contributed by atoms with van der Waals surface area (Å²) in [4.78, 5) is 26.3. The second kappa shape index (κ2) is 10.2. The Labute approximate surface area is 172 Å². The summed E-state index contributed by atoms with van der Waals surface area (Å²) in [6.07, 6.45) is 0. The van der Waals surface area contributed by atoms with Crippen LogP contribution in [0.15, 0.2) is 48.5 Å². The van der Waals surface area contributed by atoms with Crippen molar-refractivity contribution in [2.24, 2.45) is 0 Å². The van der Waals surface area contributed by atoms with E-state index in [0.29, 0.717) is 5.56 Å². The van der Waals surface area contributed by atoms with Crippen LogP contribution in [0.25, 0.3) is 0 Å². The standard InChI is InChI=1S/C23H29N3O3/c1-17-6-8-19(9-7-17)21(16-26-10-12-29-13-11-26)25-22(27)15-24-23(28)20-5-3-4-18(2)14-20/h3-9,14,21H,10-13,15-16H2,1-2H3,(H,24,28)(H,25,27)/p+1/t21-/m1/s1. The SMILES string of the molecule is Cc1ccc([C@@H](C[NH+]2CCOCC2)NC(=O)CNC(=O)c2cccc(C)c2)cc1. The number of carbonyl (C=O) groups excluding carboxylic acids is 2. The second-order valence-electron chi connectivity index (χ2n) is 7.65. The smallest absolute Gasteiger partial charge is 0.251 e. The van der Waals surface area contributed by atoms with E-state index in [1.54, 1.807) is 6.07 Å². The van der Waals surface area contributed by atoms with E-state index in [2.05, 4.69) is 34.9 Å². The number of hydrogen-bond acceptors (Lipinski definition) is 3. The van der Waals surface area contributed by atoms with Crippen LogP contribution in [0.1, 0.15) is 33.1 Å². The number of aryl methyl sites for hydroxylation is 2. The van der Waals surface area contributed by atoms with Gasteiger partial charge in [0.05, 0.1) is 19.8 Å². The normalized spacial score (nSPS) is 15.5. The van der Waals surface area contributed by atoms with Crippen LogP contribution in [0, 0.1) is 13.8 Å². The molecule has 1 aliphatic heterocycles. The molecule has 0 unspecified atom stereocenters. The van der Waals surface area contributed by atoms with E-state index < -0.39 is 0 Å². The predicted octanol–water partition coefficient (Wildman–Crippen LogP) is 0.806. The summed E-state index contributed by atoms with van der Waals surface area (Å²) in [6, 6.07) is 15.5. The number of benzene rings is 2. The Hall–Kier alpha value is -2.70. The van der Waals surface area contributed by atoms with Crippen LogP contribution in [0.2, 0.25) is 0 Å². The maximum Gasteiger partial charge on any atom is 0.251 e. The number of morpholine rings is 1. The molecule has 2 aromatic carbocycles. The van der Waals surface area contributed by atoms with Crippen LogP contribution in [0.5, 0.6) is 0 Å². The van der Waals surface area contributed by atoms with Gasteiger partial charge in [-0.25, -0.2) is 0 Å². The Morgan fingerprint density at radius 2 is 1.76 bits per heavy atom. The molecule has 0 radical (unpaired) electrons. The molecule has 1 saturated heterocycles. The Morgan fingerprint density at radius 1 is 1.03 bits per heavy atom. The van der Waals surface area contributed by atoms with Crippen molar-refractivity contribution in [3.8, 4) is 0 Å². The molecule has 2 amide bonds. The van der Waals surface area contributed by atoms with Crippen molar-refractivity contribution in [2.45, 2.75) is 19.9 Å².